The summed E-state index contributed by atoms with van der Waals surface area (Å²) in [5, 5.41) is 7.78. The van der Waals surface area contributed by atoms with Gasteiger partial charge in [-0.3, -0.25) is 9.78 Å². The molecule has 1 aliphatic heterocycles. The van der Waals surface area contributed by atoms with Gasteiger partial charge in [-0.15, -0.1) is 0 Å². The third kappa shape index (κ3) is 3.46. The second kappa shape index (κ2) is 7.03. The van der Waals surface area contributed by atoms with Crippen LogP contribution in [0.1, 0.15) is 35.0 Å². The monoisotopic (exact) mass is 354 g/mol. The van der Waals surface area contributed by atoms with Gasteiger partial charge in [0.2, 0.25) is 11.7 Å². The average molecular weight is 354 g/mol. The number of rotatable bonds is 4. The Kier molecular flexibility index (Phi) is 4.42. The molecule has 9 nitrogen and oxygen atoms in total. The van der Waals surface area contributed by atoms with E-state index in [0.717, 1.165) is 19.4 Å². The van der Waals surface area contributed by atoms with Crippen molar-refractivity contribution in [3.63, 3.8) is 0 Å². The number of hydrogen-bond acceptors (Lipinski definition) is 8. The number of carbonyl (C=O) groups excluding carboxylic acids is 1. The highest BCUT2D eigenvalue weighted by Gasteiger charge is 2.27. The third-order valence-electron chi connectivity index (χ3n) is 4.38. The van der Waals surface area contributed by atoms with Crippen molar-refractivity contribution in [1.29, 1.82) is 0 Å². The molecule has 3 aromatic rings. The Morgan fingerprint density at radius 1 is 1.31 bits per heavy atom. The smallest absolute Gasteiger partial charge is 0.276 e. The van der Waals surface area contributed by atoms with Gasteiger partial charge >= 0.3 is 0 Å². The van der Waals surface area contributed by atoms with Crippen molar-refractivity contribution in [2.24, 2.45) is 5.92 Å². The van der Waals surface area contributed by atoms with E-state index in [2.05, 4.69) is 25.3 Å². The highest BCUT2D eigenvalue weighted by atomic mass is 16.5. The minimum Gasteiger partial charge on any atom is -0.361 e. The Morgan fingerprint density at radius 2 is 2.23 bits per heavy atom. The fourth-order valence-electron chi connectivity index (χ4n) is 3.15. The fraction of sp³-hybridized carbons (Fsp3) is 0.412. The van der Waals surface area contributed by atoms with Crippen LogP contribution in [0.5, 0.6) is 0 Å². The molecule has 9 heteroatoms. The standard InChI is InChI=1S/C17H18N6O3/c1-11-7-13(21-25-11)17(24)23-6-2-3-12(10-23)8-15-20-16(22-26-15)14-9-18-4-5-19-14/h4-5,7,9,12H,2-3,6,8,10H2,1H3/t12-/m0/s1. The summed E-state index contributed by atoms with van der Waals surface area (Å²) in [6.07, 6.45) is 7.32. The molecular formula is C17H18N6O3. The predicted molar refractivity (Wildman–Crippen MR) is 88.9 cm³/mol. The molecule has 1 saturated heterocycles. The van der Waals surface area contributed by atoms with Gasteiger partial charge in [0.1, 0.15) is 11.5 Å². The summed E-state index contributed by atoms with van der Waals surface area (Å²) in [5.41, 5.74) is 0.926. The van der Waals surface area contributed by atoms with Crippen LogP contribution in [0.4, 0.5) is 0 Å². The van der Waals surface area contributed by atoms with Gasteiger partial charge in [0.15, 0.2) is 5.69 Å². The van der Waals surface area contributed by atoms with E-state index >= 15 is 0 Å². The lowest BCUT2D eigenvalue weighted by Gasteiger charge is -2.31. The maximum absolute atomic E-state index is 12.5. The maximum Gasteiger partial charge on any atom is 0.276 e. The van der Waals surface area contributed by atoms with E-state index in [4.69, 9.17) is 9.05 Å². The molecule has 1 atom stereocenters. The highest BCUT2D eigenvalue weighted by Crippen LogP contribution is 2.22. The first-order chi connectivity index (χ1) is 12.7. The van der Waals surface area contributed by atoms with Crippen molar-refractivity contribution in [2.45, 2.75) is 26.2 Å². The van der Waals surface area contributed by atoms with Crippen molar-refractivity contribution in [2.75, 3.05) is 13.1 Å². The first-order valence-corrected chi connectivity index (χ1v) is 8.50. The van der Waals surface area contributed by atoms with Crippen LogP contribution in [0.15, 0.2) is 33.7 Å². The summed E-state index contributed by atoms with van der Waals surface area (Å²) in [7, 11) is 0. The number of hydrogen-bond donors (Lipinski definition) is 0. The zero-order chi connectivity index (χ0) is 17.9. The van der Waals surface area contributed by atoms with Crippen molar-refractivity contribution >= 4 is 5.91 Å². The van der Waals surface area contributed by atoms with Crippen LogP contribution in [-0.2, 0) is 6.42 Å². The van der Waals surface area contributed by atoms with Gasteiger partial charge in [0.05, 0.1) is 6.20 Å². The van der Waals surface area contributed by atoms with E-state index in [1.165, 1.54) is 0 Å². The number of carbonyl (C=O) groups is 1. The Hall–Kier alpha value is -3.10. The van der Waals surface area contributed by atoms with Crippen LogP contribution in [0.25, 0.3) is 11.5 Å². The summed E-state index contributed by atoms with van der Waals surface area (Å²) in [6.45, 7) is 3.12. The SMILES string of the molecule is Cc1cc(C(=O)N2CCC[C@@H](Cc3nc(-c4cnccn4)no3)C2)no1. The van der Waals surface area contributed by atoms with Gasteiger partial charge in [0, 0.05) is 38.0 Å². The molecule has 0 radical (unpaired) electrons. The van der Waals surface area contributed by atoms with E-state index in [1.807, 2.05) is 4.90 Å². The largest absolute Gasteiger partial charge is 0.361 e. The van der Waals surface area contributed by atoms with Gasteiger partial charge < -0.3 is 13.9 Å². The molecule has 0 bridgehead atoms. The molecule has 26 heavy (non-hydrogen) atoms. The summed E-state index contributed by atoms with van der Waals surface area (Å²) < 4.78 is 10.3. The topological polar surface area (TPSA) is 111 Å². The summed E-state index contributed by atoms with van der Waals surface area (Å²) >= 11 is 0. The lowest BCUT2D eigenvalue weighted by Crippen LogP contribution is -2.40. The number of nitrogens with zero attached hydrogens (tertiary/aromatic N) is 6. The Morgan fingerprint density at radius 3 is 3.00 bits per heavy atom. The van der Waals surface area contributed by atoms with Crippen LogP contribution < -0.4 is 0 Å². The molecule has 0 spiro atoms. The lowest BCUT2D eigenvalue weighted by atomic mass is 9.94. The van der Waals surface area contributed by atoms with Crippen molar-refractivity contribution in [3.05, 3.63) is 42.0 Å². The van der Waals surface area contributed by atoms with E-state index in [0.29, 0.717) is 41.8 Å². The second-order valence-corrected chi connectivity index (χ2v) is 6.39. The third-order valence-corrected chi connectivity index (χ3v) is 4.38. The van der Waals surface area contributed by atoms with Crippen molar-refractivity contribution < 1.29 is 13.8 Å². The van der Waals surface area contributed by atoms with Crippen LogP contribution in [-0.4, -0.2) is 49.2 Å². The van der Waals surface area contributed by atoms with Gasteiger partial charge in [-0.25, -0.2) is 4.98 Å². The van der Waals surface area contributed by atoms with Crippen LogP contribution in [0.3, 0.4) is 0 Å². The van der Waals surface area contributed by atoms with Gasteiger partial charge in [-0.05, 0) is 25.7 Å². The molecule has 1 amide bonds. The predicted octanol–water partition coefficient (Wildman–Crippen LogP) is 1.92. The zero-order valence-electron chi connectivity index (χ0n) is 14.3. The average Bonchev–Trinajstić information content (AvgIpc) is 3.31. The molecule has 134 valence electrons. The normalized spacial score (nSPS) is 17.4. The Bertz CT molecular complexity index is 891. The van der Waals surface area contributed by atoms with Crippen molar-refractivity contribution in [3.8, 4) is 11.5 Å². The number of aromatic nitrogens is 5. The fourth-order valence-corrected chi connectivity index (χ4v) is 3.15. The lowest BCUT2D eigenvalue weighted by molar-refractivity contribution is 0.0657. The quantitative estimate of drug-likeness (QED) is 0.698. The Labute approximate surface area is 149 Å². The van der Waals surface area contributed by atoms with Gasteiger partial charge in [-0.1, -0.05) is 10.3 Å². The zero-order valence-corrected chi connectivity index (χ0v) is 14.3. The molecular weight excluding hydrogens is 336 g/mol. The molecule has 0 saturated carbocycles. The minimum absolute atomic E-state index is 0.0997. The van der Waals surface area contributed by atoms with Gasteiger partial charge in [0.25, 0.3) is 5.91 Å². The molecule has 1 aliphatic rings. The number of aryl methyl sites for hydroxylation is 1. The number of amides is 1. The molecule has 0 aliphatic carbocycles. The molecule has 3 aromatic heterocycles. The summed E-state index contributed by atoms with van der Waals surface area (Å²) in [6, 6.07) is 1.66. The first-order valence-electron chi connectivity index (χ1n) is 8.50. The second-order valence-electron chi connectivity index (χ2n) is 6.39. The summed E-state index contributed by atoms with van der Waals surface area (Å²) in [5.74, 6) is 1.76. The number of likely N-dealkylation sites (tertiary alicyclic amines) is 1. The molecule has 0 unspecified atom stereocenters. The molecule has 1 fully saturated rings. The molecule has 4 heterocycles. The Balaban J connectivity index is 1.41. The molecule has 0 N–H and O–H groups in total. The minimum atomic E-state index is -0.0997. The van der Waals surface area contributed by atoms with Crippen LogP contribution >= 0.6 is 0 Å². The highest BCUT2D eigenvalue weighted by molar-refractivity contribution is 5.92. The van der Waals surface area contributed by atoms with E-state index in [1.54, 1.807) is 31.6 Å². The van der Waals surface area contributed by atoms with Crippen LogP contribution in [0.2, 0.25) is 0 Å². The van der Waals surface area contributed by atoms with E-state index in [9.17, 15) is 4.79 Å². The van der Waals surface area contributed by atoms with Crippen LogP contribution in [0, 0.1) is 12.8 Å². The van der Waals surface area contributed by atoms with E-state index in [-0.39, 0.29) is 11.8 Å². The summed E-state index contributed by atoms with van der Waals surface area (Å²) in [4.78, 5) is 26.9. The molecule has 0 aromatic carbocycles. The van der Waals surface area contributed by atoms with Gasteiger partial charge in [-0.2, -0.15) is 4.98 Å². The van der Waals surface area contributed by atoms with E-state index < -0.39 is 0 Å². The maximum atomic E-state index is 12.5. The first kappa shape index (κ1) is 16.4. The number of piperidine rings is 1. The molecule has 4 rings (SSSR count). The van der Waals surface area contributed by atoms with Crippen molar-refractivity contribution in [1.82, 2.24) is 30.2 Å².